The predicted octanol–water partition coefficient (Wildman–Crippen LogP) is 4.40. The molecule has 2 N–H and O–H groups in total. The number of carboxylic acids is 2. The van der Waals surface area contributed by atoms with E-state index < -0.39 is 11.9 Å². The number of nitrogens with zero attached hydrogens (tertiary/aromatic N) is 3. The Morgan fingerprint density at radius 1 is 0.912 bits per heavy atom. The van der Waals surface area contributed by atoms with Gasteiger partial charge >= 0.3 is 11.9 Å². The summed E-state index contributed by atoms with van der Waals surface area (Å²) >= 11 is 0. The van der Waals surface area contributed by atoms with Gasteiger partial charge in [-0.25, -0.2) is 14.6 Å². The molecule has 0 atom stereocenters. The van der Waals surface area contributed by atoms with E-state index in [4.69, 9.17) is 15.2 Å². The molecule has 174 valence electrons. The zero-order valence-electron chi connectivity index (χ0n) is 19.1. The van der Waals surface area contributed by atoms with Crippen molar-refractivity contribution in [2.75, 3.05) is 32.1 Å². The molecule has 1 aliphatic heterocycles. The van der Waals surface area contributed by atoms with E-state index in [1.54, 1.807) is 0 Å². The average molecular weight is 458 g/mol. The fourth-order valence-corrected chi connectivity index (χ4v) is 3.56. The third-order valence-corrected chi connectivity index (χ3v) is 5.08. The van der Waals surface area contributed by atoms with E-state index in [-0.39, 0.29) is 0 Å². The summed E-state index contributed by atoms with van der Waals surface area (Å²) in [5.41, 5.74) is 6.07. The quantitative estimate of drug-likeness (QED) is 0.530. The van der Waals surface area contributed by atoms with Crippen molar-refractivity contribution in [1.29, 1.82) is 0 Å². The van der Waals surface area contributed by atoms with E-state index >= 15 is 0 Å². The molecule has 1 aromatic heterocycles. The lowest BCUT2D eigenvalue weighted by molar-refractivity contribution is -0.134. The minimum atomic E-state index is -1.26. The Kier molecular flexibility index (Phi) is 8.32. The summed E-state index contributed by atoms with van der Waals surface area (Å²) < 4.78 is 0. The van der Waals surface area contributed by atoms with Crippen LogP contribution in [0.3, 0.4) is 0 Å². The summed E-state index contributed by atoms with van der Waals surface area (Å²) in [6, 6.07) is 23.4. The van der Waals surface area contributed by atoms with Crippen molar-refractivity contribution in [3.05, 3.63) is 102 Å². The molecule has 0 saturated carbocycles. The van der Waals surface area contributed by atoms with Crippen molar-refractivity contribution in [1.82, 2.24) is 9.88 Å². The van der Waals surface area contributed by atoms with Gasteiger partial charge in [-0.15, -0.1) is 0 Å². The molecule has 0 bridgehead atoms. The molecule has 1 aliphatic rings. The monoisotopic (exact) mass is 457 g/mol. The molecule has 0 aliphatic carbocycles. The highest BCUT2D eigenvalue weighted by Crippen LogP contribution is 2.40. The lowest BCUT2D eigenvalue weighted by atomic mass is 9.95. The van der Waals surface area contributed by atoms with Gasteiger partial charge in [0, 0.05) is 42.6 Å². The average Bonchev–Trinajstić information content (AvgIpc) is 2.97. The van der Waals surface area contributed by atoms with Gasteiger partial charge < -0.3 is 20.0 Å². The zero-order valence-corrected chi connectivity index (χ0v) is 19.1. The number of aromatic nitrogens is 1. The van der Waals surface area contributed by atoms with E-state index in [1.165, 1.54) is 22.4 Å². The molecule has 0 fully saturated rings. The van der Waals surface area contributed by atoms with Crippen molar-refractivity contribution in [3.8, 4) is 0 Å². The molecular weight excluding hydrogens is 430 g/mol. The number of para-hydroxylation sites is 1. The third-order valence-electron chi connectivity index (χ3n) is 5.08. The van der Waals surface area contributed by atoms with Crippen LogP contribution < -0.4 is 4.90 Å². The van der Waals surface area contributed by atoms with Gasteiger partial charge in [0.2, 0.25) is 0 Å². The Labute approximate surface area is 198 Å². The van der Waals surface area contributed by atoms with Gasteiger partial charge in [-0.1, -0.05) is 48.5 Å². The third kappa shape index (κ3) is 6.40. The Balaban J connectivity index is 0.000000350. The first-order valence-corrected chi connectivity index (χ1v) is 10.7. The normalized spacial score (nSPS) is 12.2. The first kappa shape index (κ1) is 24.4. The maximum Gasteiger partial charge on any atom is 0.328 e. The van der Waals surface area contributed by atoms with E-state index in [2.05, 4.69) is 90.6 Å². The molecular formula is C27H27N3O4. The van der Waals surface area contributed by atoms with Crippen LogP contribution in [-0.2, 0) is 9.59 Å². The molecule has 0 saturated heterocycles. The minimum Gasteiger partial charge on any atom is -0.478 e. The molecule has 34 heavy (non-hydrogen) atoms. The summed E-state index contributed by atoms with van der Waals surface area (Å²) in [7, 11) is 4.22. The maximum absolute atomic E-state index is 9.55. The Bertz CT molecular complexity index is 1190. The second-order valence-electron chi connectivity index (χ2n) is 7.82. The van der Waals surface area contributed by atoms with Gasteiger partial charge in [-0.3, -0.25) is 0 Å². The van der Waals surface area contributed by atoms with E-state index in [0.717, 1.165) is 24.5 Å². The first-order chi connectivity index (χ1) is 16.4. The van der Waals surface area contributed by atoms with Crippen LogP contribution in [0.15, 0.2) is 85.1 Å². The van der Waals surface area contributed by atoms with Gasteiger partial charge in [0.1, 0.15) is 5.82 Å². The second kappa shape index (κ2) is 11.6. The van der Waals surface area contributed by atoms with Crippen molar-refractivity contribution < 1.29 is 19.8 Å². The van der Waals surface area contributed by atoms with Gasteiger partial charge in [-0.05, 0) is 49.5 Å². The Morgan fingerprint density at radius 2 is 1.56 bits per heavy atom. The Hall–Kier alpha value is -4.23. The summed E-state index contributed by atoms with van der Waals surface area (Å²) in [6.45, 7) is 1.86. The van der Waals surface area contributed by atoms with Gasteiger partial charge in [0.25, 0.3) is 0 Å². The number of carbonyl (C=O) groups is 2. The molecule has 0 radical (unpaired) electrons. The summed E-state index contributed by atoms with van der Waals surface area (Å²) in [4.78, 5) is 28.4. The number of hydrogen-bond donors (Lipinski definition) is 2. The molecule has 3 aromatic rings. The molecule has 0 amide bonds. The molecule has 7 heteroatoms. The molecule has 0 unspecified atom stereocenters. The lowest BCUT2D eigenvalue weighted by Crippen LogP contribution is -2.29. The van der Waals surface area contributed by atoms with Crippen molar-refractivity contribution >= 4 is 35.1 Å². The number of benzene rings is 2. The number of hydrogen-bond acceptors (Lipinski definition) is 5. The number of anilines is 2. The Morgan fingerprint density at radius 3 is 2.21 bits per heavy atom. The fourth-order valence-electron chi connectivity index (χ4n) is 3.56. The van der Waals surface area contributed by atoms with Crippen molar-refractivity contribution in [2.24, 2.45) is 0 Å². The zero-order chi connectivity index (χ0) is 24.5. The molecule has 0 spiro atoms. The van der Waals surface area contributed by atoms with E-state index in [1.807, 2.05) is 12.3 Å². The largest absolute Gasteiger partial charge is 0.478 e. The summed E-state index contributed by atoms with van der Waals surface area (Å²) in [5, 5.41) is 15.6. The number of likely N-dealkylation sites (N-methyl/N-ethyl adjacent to an activating group) is 1. The lowest BCUT2D eigenvalue weighted by Gasteiger charge is -2.27. The van der Waals surface area contributed by atoms with Gasteiger partial charge in [0.05, 0.1) is 5.69 Å². The highest BCUT2D eigenvalue weighted by molar-refractivity contribution is 6.00. The highest BCUT2D eigenvalue weighted by Gasteiger charge is 2.23. The minimum absolute atomic E-state index is 0.558. The predicted molar refractivity (Wildman–Crippen MR) is 134 cm³/mol. The van der Waals surface area contributed by atoms with Crippen LogP contribution in [0, 0.1) is 0 Å². The van der Waals surface area contributed by atoms with Crippen molar-refractivity contribution in [2.45, 2.75) is 0 Å². The number of carboxylic acid groups (broad SMARTS) is 2. The van der Waals surface area contributed by atoms with Crippen LogP contribution in [0.1, 0.15) is 16.7 Å². The molecule has 2 heterocycles. The highest BCUT2D eigenvalue weighted by atomic mass is 16.4. The van der Waals surface area contributed by atoms with Crippen LogP contribution in [0.5, 0.6) is 0 Å². The fraction of sp³-hybridized carbons (Fsp3) is 0.148. The van der Waals surface area contributed by atoms with Crippen LogP contribution in [-0.4, -0.2) is 59.2 Å². The first-order valence-electron chi connectivity index (χ1n) is 10.7. The van der Waals surface area contributed by atoms with Gasteiger partial charge in [-0.2, -0.15) is 0 Å². The number of rotatable bonds is 6. The molecule has 2 aromatic carbocycles. The van der Waals surface area contributed by atoms with E-state index in [9.17, 15) is 9.59 Å². The van der Waals surface area contributed by atoms with E-state index in [0.29, 0.717) is 12.2 Å². The smallest absolute Gasteiger partial charge is 0.328 e. The topological polar surface area (TPSA) is 94.0 Å². The standard InChI is InChI=1S/C23H23N3.C4H4O4/c1-25(2)15-16-26-22-13-7-6-12-20(22)21(18-9-4-3-5-10-18)17-19-11-8-14-24-23(19)26;5-3(6)1-2-4(7)8/h3-14,17H,15-16H2,1-2H3;1-2H,(H,5,6)(H,7,8)/b;2-1+. The summed E-state index contributed by atoms with van der Waals surface area (Å²) in [5.74, 6) is -1.49. The van der Waals surface area contributed by atoms with Crippen LogP contribution in [0.2, 0.25) is 0 Å². The molecule has 4 rings (SSSR count). The van der Waals surface area contributed by atoms with Crippen LogP contribution in [0.4, 0.5) is 11.5 Å². The summed E-state index contributed by atoms with van der Waals surface area (Å²) in [6.07, 6.45) is 5.27. The van der Waals surface area contributed by atoms with Crippen LogP contribution >= 0.6 is 0 Å². The number of fused-ring (bicyclic) bond motifs is 2. The second-order valence-corrected chi connectivity index (χ2v) is 7.82. The van der Waals surface area contributed by atoms with Crippen LogP contribution in [0.25, 0.3) is 11.6 Å². The number of aliphatic carboxylic acids is 2. The SMILES string of the molecule is CN(C)CCN1c2ccccc2C(c2ccccc2)=Cc2cccnc21.O=C(O)/C=C/C(=O)O. The molecule has 7 nitrogen and oxygen atoms in total. The number of pyridine rings is 1. The van der Waals surface area contributed by atoms with Crippen molar-refractivity contribution in [3.63, 3.8) is 0 Å². The van der Waals surface area contributed by atoms with Gasteiger partial charge in [0.15, 0.2) is 0 Å². The maximum atomic E-state index is 9.55.